The second kappa shape index (κ2) is 5.34. The van der Waals surface area contributed by atoms with Crippen LogP contribution >= 0.6 is 0 Å². The molecule has 9 heteroatoms. The minimum absolute atomic E-state index is 0.00400. The molecule has 1 heterocycles. The number of H-pyrrole nitrogens is 1. The lowest BCUT2D eigenvalue weighted by atomic mass is 10.5. The van der Waals surface area contributed by atoms with Crippen LogP contribution in [0.25, 0.3) is 0 Å². The maximum absolute atomic E-state index is 13.0. The predicted octanol–water partition coefficient (Wildman–Crippen LogP) is -1.35. The summed E-state index contributed by atoms with van der Waals surface area (Å²) in [7, 11) is 3.05. The third kappa shape index (κ3) is 2.87. The standard InChI is InChI=1S/C9H13FN4O4/c1-13(2)8(17)11-3-4-14-7(16)5(10)6(15)12-9(14)18/h16H,3-4H2,1-2H3,(H,11,17)(H,12,15,18). The molecular weight excluding hydrogens is 247 g/mol. The van der Waals surface area contributed by atoms with Crippen LogP contribution < -0.4 is 16.6 Å². The van der Waals surface area contributed by atoms with Crippen molar-refractivity contribution in [1.82, 2.24) is 19.8 Å². The molecule has 100 valence electrons. The normalized spacial score (nSPS) is 10.2. The number of carbonyl (C=O) groups is 1. The lowest BCUT2D eigenvalue weighted by Gasteiger charge is -2.13. The Balaban J connectivity index is 2.81. The van der Waals surface area contributed by atoms with Crippen molar-refractivity contribution in [1.29, 1.82) is 0 Å². The van der Waals surface area contributed by atoms with Crippen LogP contribution in [0.3, 0.4) is 0 Å². The number of aromatic amines is 1. The molecule has 0 fully saturated rings. The first-order valence-electron chi connectivity index (χ1n) is 5.01. The fourth-order valence-electron chi connectivity index (χ4n) is 1.18. The molecule has 0 aliphatic heterocycles. The maximum atomic E-state index is 13.0. The number of aromatic nitrogens is 2. The van der Waals surface area contributed by atoms with Crippen molar-refractivity contribution < 1.29 is 14.3 Å². The molecule has 3 N–H and O–H groups in total. The van der Waals surface area contributed by atoms with Gasteiger partial charge in [-0.3, -0.25) is 14.3 Å². The lowest BCUT2D eigenvalue weighted by molar-refractivity contribution is 0.216. The minimum Gasteiger partial charge on any atom is -0.492 e. The molecule has 0 unspecified atom stereocenters. The van der Waals surface area contributed by atoms with Crippen molar-refractivity contribution >= 4 is 6.03 Å². The van der Waals surface area contributed by atoms with E-state index >= 15 is 0 Å². The van der Waals surface area contributed by atoms with Gasteiger partial charge in [0.1, 0.15) is 0 Å². The molecule has 0 aromatic carbocycles. The highest BCUT2D eigenvalue weighted by Gasteiger charge is 2.13. The first kappa shape index (κ1) is 13.7. The van der Waals surface area contributed by atoms with Crippen LogP contribution in [-0.2, 0) is 6.54 Å². The van der Waals surface area contributed by atoms with Crippen LogP contribution in [0.1, 0.15) is 0 Å². The number of halogens is 1. The molecule has 18 heavy (non-hydrogen) atoms. The molecule has 0 aliphatic carbocycles. The van der Waals surface area contributed by atoms with Gasteiger partial charge in [-0.25, -0.2) is 9.59 Å². The molecule has 0 atom stereocenters. The molecule has 0 radical (unpaired) electrons. The second-order valence-electron chi connectivity index (χ2n) is 3.67. The van der Waals surface area contributed by atoms with E-state index < -0.39 is 29.0 Å². The number of hydrogen-bond acceptors (Lipinski definition) is 4. The van der Waals surface area contributed by atoms with Crippen molar-refractivity contribution in [2.24, 2.45) is 0 Å². The summed E-state index contributed by atoms with van der Waals surface area (Å²) in [6.45, 7) is -0.173. The van der Waals surface area contributed by atoms with Crippen molar-refractivity contribution in [2.45, 2.75) is 6.54 Å². The first-order chi connectivity index (χ1) is 8.34. The number of nitrogens with zero attached hydrogens (tertiary/aromatic N) is 2. The molecule has 8 nitrogen and oxygen atoms in total. The van der Waals surface area contributed by atoms with E-state index in [2.05, 4.69) is 5.32 Å². The van der Waals surface area contributed by atoms with Gasteiger partial charge >= 0.3 is 11.7 Å². The van der Waals surface area contributed by atoms with Crippen LogP contribution in [0.2, 0.25) is 0 Å². The summed E-state index contributed by atoms with van der Waals surface area (Å²) >= 11 is 0. The Bertz CT molecular complexity index is 563. The third-order valence-electron chi connectivity index (χ3n) is 2.13. The largest absolute Gasteiger partial charge is 0.492 e. The molecule has 0 saturated carbocycles. The zero-order valence-electron chi connectivity index (χ0n) is 9.86. The fraction of sp³-hybridized carbons (Fsp3) is 0.444. The Morgan fingerprint density at radius 1 is 1.50 bits per heavy atom. The SMILES string of the molecule is CN(C)C(=O)NCCn1c(O)c(F)c(=O)[nH]c1=O. The highest BCUT2D eigenvalue weighted by atomic mass is 19.1. The second-order valence-corrected chi connectivity index (χ2v) is 3.67. The van der Waals surface area contributed by atoms with Gasteiger partial charge in [-0.1, -0.05) is 0 Å². The molecule has 0 saturated heterocycles. The van der Waals surface area contributed by atoms with E-state index in [9.17, 15) is 23.9 Å². The Hall–Kier alpha value is -2.32. The van der Waals surface area contributed by atoms with Gasteiger partial charge in [-0.15, -0.1) is 0 Å². The van der Waals surface area contributed by atoms with Crippen LogP contribution in [0.4, 0.5) is 9.18 Å². The van der Waals surface area contributed by atoms with Gasteiger partial charge in [0.2, 0.25) is 11.7 Å². The van der Waals surface area contributed by atoms with Crippen LogP contribution in [0, 0.1) is 5.82 Å². The monoisotopic (exact) mass is 260 g/mol. The average Bonchev–Trinajstić information content (AvgIpc) is 2.30. The highest BCUT2D eigenvalue weighted by Crippen LogP contribution is 2.06. The van der Waals surface area contributed by atoms with Crippen molar-refractivity contribution in [3.8, 4) is 5.88 Å². The van der Waals surface area contributed by atoms with Gasteiger partial charge in [0.25, 0.3) is 5.56 Å². The number of carbonyl (C=O) groups excluding carboxylic acids is 1. The minimum atomic E-state index is -1.44. The number of rotatable bonds is 3. The van der Waals surface area contributed by atoms with Crippen LogP contribution in [0.5, 0.6) is 5.88 Å². The quantitative estimate of drug-likeness (QED) is 0.624. The summed E-state index contributed by atoms with van der Waals surface area (Å²) in [5, 5.41) is 11.7. The first-order valence-corrected chi connectivity index (χ1v) is 5.01. The molecule has 1 aromatic rings. The van der Waals surface area contributed by atoms with Gasteiger partial charge < -0.3 is 15.3 Å². The number of amides is 2. The summed E-state index contributed by atoms with van der Waals surface area (Å²) in [5.41, 5.74) is -2.23. The van der Waals surface area contributed by atoms with Crippen molar-refractivity contribution in [3.63, 3.8) is 0 Å². The zero-order valence-corrected chi connectivity index (χ0v) is 9.86. The summed E-state index contributed by atoms with van der Waals surface area (Å²) in [5.74, 6) is -2.49. The van der Waals surface area contributed by atoms with E-state index in [0.717, 1.165) is 0 Å². The maximum Gasteiger partial charge on any atom is 0.331 e. The van der Waals surface area contributed by atoms with Gasteiger partial charge in [0.15, 0.2) is 0 Å². The lowest BCUT2D eigenvalue weighted by Crippen LogP contribution is -2.39. The molecule has 0 spiro atoms. The number of aromatic hydroxyl groups is 1. The number of urea groups is 1. The predicted molar refractivity (Wildman–Crippen MR) is 60.0 cm³/mol. The number of hydrogen-bond donors (Lipinski definition) is 3. The zero-order chi connectivity index (χ0) is 13.9. The van der Waals surface area contributed by atoms with E-state index in [0.29, 0.717) is 4.57 Å². The molecular formula is C9H13FN4O4. The molecule has 2 amide bonds. The van der Waals surface area contributed by atoms with Crippen LogP contribution in [-0.4, -0.2) is 46.2 Å². The Kier molecular flexibility index (Phi) is 4.08. The average molecular weight is 260 g/mol. The molecule has 0 aliphatic rings. The Morgan fingerprint density at radius 3 is 2.67 bits per heavy atom. The molecule has 1 aromatic heterocycles. The molecule has 1 rings (SSSR count). The summed E-state index contributed by atoms with van der Waals surface area (Å²) in [6, 6.07) is -0.396. The van der Waals surface area contributed by atoms with Gasteiger partial charge in [-0.05, 0) is 0 Å². The van der Waals surface area contributed by atoms with E-state index in [1.165, 1.54) is 19.0 Å². The fourth-order valence-corrected chi connectivity index (χ4v) is 1.18. The van der Waals surface area contributed by atoms with Crippen molar-refractivity contribution in [3.05, 3.63) is 26.7 Å². The van der Waals surface area contributed by atoms with Gasteiger partial charge in [0, 0.05) is 27.2 Å². The summed E-state index contributed by atoms with van der Waals surface area (Å²) < 4.78 is 13.7. The summed E-state index contributed by atoms with van der Waals surface area (Å²) in [4.78, 5) is 36.2. The van der Waals surface area contributed by atoms with Gasteiger partial charge in [-0.2, -0.15) is 4.39 Å². The van der Waals surface area contributed by atoms with E-state index in [4.69, 9.17) is 0 Å². The van der Waals surface area contributed by atoms with Crippen LogP contribution in [0.15, 0.2) is 9.59 Å². The smallest absolute Gasteiger partial charge is 0.331 e. The van der Waals surface area contributed by atoms with Gasteiger partial charge in [0.05, 0.1) is 0 Å². The summed E-state index contributed by atoms with van der Waals surface area (Å²) in [6.07, 6.45) is 0. The van der Waals surface area contributed by atoms with E-state index in [-0.39, 0.29) is 13.1 Å². The van der Waals surface area contributed by atoms with Crippen molar-refractivity contribution in [2.75, 3.05) is 20.6 Å². The van der Waals surface area contributed by atoms with E-state index in [1.807, 2.05) is 0 Å². The third-order valence-corrected chi connectivity index (χ3v) is 2.13. The van der Waals surface area contributed by atoms with E-state index in [1.54, 1.807) is 4.98 Å². The Labute approximate surface area is 101 Å². The Morgan fingerprint density at radius 2 is 2.11 bits per heavy atom. The topological polar surface area (TPSA) is 107 Å². The highest BCUT2D eigenvalue weighted by molar-refractivity contribution is 5.73. The number of nitrogens with one attached hydrogen (secondary N) is 2. The molecule has 0 bridgehead atoms.